The zero-order chi connectivity index (χ0) is 18.7. The second-order valence-corrected chi connectivity index (χ2v) is 8.59. The van der Waals surface area contributed by atoms with Gasteiger partial charge in [0.25, 0.3) is 11.8 Å². The van der Waals surface area contributed by atoms with E-state index in [-0.39, 0.29) is 11.8 Å². The summed E-state index contributed by atoms with van der Waals surface area (Å²) in [5, 5.41) is 5.23. The maximum absolute atomic E-state index is 12.8. The smallest absolute Gasteiger partial charge is 0.268 e. The van der Waals surface area contributed by atoms with Crippen LogP contribution in [0.2, 0.25) is 0 Å². The van der Waals surface area contributed by atoms with E-state index in [1.54, 1.807) is 31.2 Å². The second kappa shape index (κ2) is 8.33. The Labute approximate surface area is 165 Å². The van der Waals surface area contributed by atoms with Crippen molar-refractivity contribution < 1.29 is 9.59 Å². The lowest BCUT2D eigenvalue weighted by atomic mass is 10.0. The van der Waals surface area contributed by atoms with Gasteiger partial charge in [-0.05, 0) is 49.4 Å². The van der Waals surface area contributed by atoms with Crippen LogP contribution in [0.4, 0.5) is 5.00 Å². The zero-order valence-electron chi connectivity index (χ0n) is 14.9. The summed E-state index contributed by atoms with van der Waals surface area (Å²) < 4.78 is 0.845. The molecule has 1 heterocycles. The Morgan fingerprint density at radius 2 is 1.88 bits per heavy atom. The molecule has 3 rings (SSSR count). The van der Waals surface area contributed by atoms with Gasteiger partial charge in [0.1, 0.15) is 5.00 Å². The molecule has 0 saturated heterocycles. The molecule has 0 unspecified atom stereocenters. The van der Waals surface area contributed by atoms with E-state index in [2.05, 4.69) is 26.7 Å². The minimum absolute atomic E-state index is 0.168. The van der Waals surface area contributed by atoms with Gasteiger partial charge in [0.2, 0.25) is 0 Å². The summed E-state index contributed by atoms with van der Waals surface area (Å²) in [6.45, 7) is 0. The predicted molar refractivity (Wildman–Crippen MR) is 109 cm³/mol. The second-order valence-electron chi connectivity index (χ2n) is 6.57. The van der Waals surface area contributed by atoms with Crippen molar-refractivity contribution in [3.63, 3.8) is 0 Å². The van der Waals surface area contributed by atoms with Crippen LogP contribution in [-0.2, 0) is 12.8 Å². The van der Waals surface area contributed by atoms with Gasteiger partial charge in [0, 0.05) is 29.0 Å². The molecule has 26 heavy (non-hydrogen) atoms. The van der Waals surface area contributed by atoms with Crippen molar-refractivity contribution in [2.75, 3.05) is 19.4 Å². The molecule has 1 aromatic heterocycles. The van der Waals surface area contributed by atoms with E-state index < -0.39 is 0 Å². The molecule has 2 amide bonds. The fourth-order valence-electron chi connectivity index (χ4n) is 3.13. The molecule has 0 bridgehead atoms. The Bertz CT molecular complexity index is 832. The molecule has 5 nitrogen and oxygen atoms in total. The average molecular weight is 436 g/mol. The number of anilines is 1. The van der Waals surface area contributed by atoms with Crippen LogP contribution in [0.15, 0.2) is 28.7 Å². The van der Waals surface area contributed by atoms with Crippen LogP contribution >= 0.6 is 27.3 Å². The fraction of sp³-hybridized carbons (Fsp3) is 0.368. The molecule has 1 aliphatic carbocycles. The van der Waals surface area contributed by atoms with Crippen molar-refractivity contribution in [1.29, 1.82) is 0 Å². The van der Waals surface area contributed by atoms with Gasteiger partial charge in [-0.15, -0.1) is 11.3 Å². The molecule has 0 spiro atoms. The van der Waals surface area contributed by atoms with E-state index in [4.69, 9.17) is 0 Å². The van der Waals surface area contributed by atoms with Crippen LogP contribution in [-0.4, -0.2) is 30.9 Å². The lowest BCUT2D eigenvalue weighted by Crippen LogP contribution is -2.36. The quantitative estimate of drug-likeness (QED) is 0.557. The monoisotopic (exact) mass is 435 g/mol. The van der Waals surface area contributed by atoms with Crippen molar-refractivity contribution in [3.05, 3.63) is 50.3 Å². The Hall–Kier alpha value is -1.70. The Morgan fingerprint density at radius 3 is 2.62 bits per heavy atom. The molecule has 1 aromatic carbocycles. The summed E-state index contributed by atoms with van der Waals surface area (Å²) >= 11 is 4.92. The van der Waals surface area contributed by atoms with Gasteiger partial charge in [0.15, 0.2) is 0 Å². The Balaban J connectivity index is 1.95. The van der Waals surface area contributed by atoms with Gasteiger partial charge in [-0.3, -0.25) is 15.0 Å². The number of thiophene rings is 1. The highest BCUT2D eigenvalue weighted by Crippen LogP contribution is 2.37. The molecule has 0 fully saturated rings. The van der Waals surface area contributed by atoms with Crippen LogP contribution in [0.3, 0.4) is 0 Å². The van der Waals surface area contributed by atoms with Crippen LogP contribution < -0.4 is 10.7 Å². The molecular formula is C19H22BrN3O2S. The third kappa shape index (κ3) is 4.34. The summed E-state index contributed by atoms with van der Waals surface area (Å²) in [7, 11) is 3.56. The molecular weight excluding hydrogens is 414 g/mol. The number of carbonyl (C=O) groups is 2. The van der Waals surface area contributed by atoms with Gasteiger partial charge >= 0.3 is 0 Å². The number of rotatable bonds is 4. The minimum Gasteiger partial charge on any atom is -0.313 e. The molecule has 2 N–H and O–H groups in total. The summed E-state index contributed by atoms with van der Waals surface area (Å²) in [5.74, 6) is -0.374. The van der Waals surface area contributed by atoms with Gasteiger partial charge < -0.3 is 5.32 Å². The van der Waals surface area contributed by atoms with Gasteiger partial charge in [-0.2, -0.15) is 0 Å². The number of halogens is 1. The van der Waals surface area contributed by atoms with E-state index >= 15 is 0 Å². The lowest BCUT2D eigenvalue weighted by Gasteiger charge is -2.14. The number of hydrazine groups is 1. The molecule has 2 aromatic rings. The average Bonchev–Trinajstić information content (AvgIpc) is 2.75. The fourth-order valence-corrected chi connectivity index (χ4v) is 4.82. The molecule has 7 heteroatoms. The largest absolute Gasteiger partial charge is 0.313 e. The highest BCUT2D eigenvalue weighted by molar-refractivity contribution is 9.10. The first-order valence-corrected chi connectivity index (χ1v) is 10.3. The number of nitrogens with zero attached hydrogens (tertiary/aromatic N) is 1. The number of nitrogens with one attached hydrogen (secondary N) is 2. The van der Waals surface area contributed by atoms with Crippen LogP contribution in [0.5, 0.6) is 0 Å². The first kappa shape index (κ1) is 19.1. The van der Waals surface area contributed by atoms with Crippen molar-refractivity contribution >= 4 is 44.1 Å². The molecule has 138 valence electrons. The maximum Gasteiger partial charge on any atom is 0.268 e. The Kier molecular flexibility index (Phi) is 6.11. The maximum atomic E-state index is 12.8. The number of amides is 2. The van der Waals surface area contributed by atoms with E-state index in [0.717, 1.165) is 35.7 Å². The summed E-state index contributed by atoms with van der Waals surface area (Å²) in [6.07, 6.45) is 5.23. The predicted octanol–water partition coefficient (Wildman–Crippen LogP) is 4.24. The minimum atomic E-state index is -0.207. The molecule has 0 radical (unpaired) electrons. The SMILES string of the molecule is CN(C)NC(=O)c1c(NC(=O)c2cccc(Br)c2)sc2c1CCCCC2. The van der Waals surface area contributed by atoms with Crippen molar-refractivity contribution in [3.8, 4) is 0 Å². The molecule has 1 aliphatic rings. The number of benzene rings is 1. The van der Waals surface area contributed by atoms with Crippen molar-refractivity contribution in [2.24, 2.45) is 0 Å². The number of fused-ring (bicyclic) bond motifs is 1. The van der Waals surface area contributed by atoms with Gasteiger partial charge in [-0.1, -0.05) is 28.4 Å². The van der Waals surface area contributed by atoms with Crippen LogP contribution in [0.1, 0.15) is 50.4 Å². The van der Waals surface area contributed by atoms with Crippen molar-refractivity contribution in [1.82, 2.24) is 10.4 Å². The van der Waals surface area contributed by atoms with E-state index in [1.807, 2.05) is 12.1 Å². The van der Waals surface area contributed by atoms with Crippen LogP contribution in [0.25, 0.3) is 0 Å². The van der Waals surface area contributed by atoms with Gasteiger partial charge in [0.05, 0.1) is 5.56 Å². The van der Waals surface area contributed by atoms with E-state index in [0.29, 0.717) is 16.1 Å². The lowest BCUT2D eigenvalue weighted by molar-refractivity contribution is 0.0857. The van der Waals surface area contributed by atoms with E-state index in [9.17, 15) is 9.59 Å². The first-order chi connectivity index (χ1) is 12.5. The van der Waals surface area contributed by atoms with Crippen molar-refractivity contribution in [2.45, 2.75) is 32.1 Å². The van der Waals surface area contributed by atoms with Crippen LogP contribution in [0, 0.1) is 0 Å². The summed E-state index contributed by atoms with van der Waals surface area (Å²) in [6, 6.07) is 7.23. The highest BCUT2D eigenvalue weighted by atomic mass is 79.9. The number of hydrogen-bond donors (Lipinski definition) is 2. The normalized spacial score (nSPS) is 13.8. The zero-order valence-corrected chi connectivity index (χ0v) is 17.3. The van der Waals surface area contributed by atoms with Gasteiger partial charge in [-0.25, -0.2) is 5.01 Å². The van der Waals surface area contributed by atoms with E-state index in [1.165, 1.54) is 22.6 Å². The number of carbonyl (C=O) groups excluding carboxylic acids is 2. The number of hydrogen-bond acceptors (Lipinski definition) is 4. The number of aryl methyl sites for hydroxylation is 1. The third-order valence-corrected chi connectivity index (χ3v) is 5.99. The Morgan fingerprint density at radius 1 is 1.12 bits per heavy atom. The molecule has 0 saturated carbocycles. The summed E-state index contributed by atoms with van der Waals surface area (Å²) in [5.41, 5.74) is 5.09. The standard InChI is InChI=1S/C19H22BrN3O2S/c1-23(2)22-18(25)16-14-9-4-3-5-10-15(14)26-19(16)21-17(24)12-7-6-8-13(20)11-12/h6-8,11H,3-5,9-10H2,1-2H3,(H,21,24)(H,22,25). The molecule has 0 atom stereocenters. The first-order valence-electron chi connectivity index (χ1n) is 8.65. The highest BCUT2D eigenvalue weighted by Gasteiger charge is 2.26. The third-order valence-electron chi connectivity index (χ3n) is 4.29. The summed E-state index contributed by atoms with van der Waals surface area (Å²) in [4.78, 5) is 26.7. The topological polar surface area (TPSA) is 61.4 Å². The molecule has 0 aliphatic heterocycles.